The van der Waals surface area contributed by atoms with Crippen LogP contribution in [0.2, 0.25) is 10.0 Å². The fourth-order valence-electron chi connectivity index (χ4n) is 3.07. The quantitative estimate of drug-likeness (QED) is 0.192. The van der Waals surface area contributed by atoms with Crippen LogP contribution in [0.3, 0.4) is 0 Å². The summed E-state index contributed by atoms with van der Waals surface area (Å²) in [6.07, 6.45) is 1.29. The Kier molecular flexibility index (Phi) is 9.46. The number of nitrogens with zero attached hydrogens (tertiary/aromatic N) is 1. The number of nitrogens with one attached hydrogen (secondary N) is 3. The number of carbonyl (C=O) groups is 3. The van der Waals surface area contributed by atoms with Gasteiger partial charge < -0.3 is 15.4 Å². The molecule has 0 aliphatic carbocycles. The van der Waals surface area contributed by atoms with Gasteiger partial charge in [0, 0.05) is 15.7 Å². The summed E-state index contributed by atoms with van der Waals surface area (Å²) in [7, 11) is 0. The lowest BCUT2D eigenvalue weighted by atomic mass is 10.1. The standard InChI is InChI=1S/C25H21BrCl2N4O4/c1-14-5-3-6-15(2)23(14)31-21(33)13-36-20-10-9-17(26)11-16(20)12-29-32-25(35)24(34)30-19-8-4-7-18(27)22(19)28/h3-12H,13H2,1-2H3,(H,30,34)(H,31,33)(H,32,35)/b29-12-. The molecule has 0 saturated heterocycles. The lowest BCUT2D eigenvalue weighted by molar-refractivity contribution is -0.136. The van der Waals surface area contributed by atoms with Gasteiger partial charge >= 0.3 is 11.8 Å². The van der Waals surface area contributed by atoms with E-state index in [4.69, 9.17) is 27.9 Å². The number of carbonyl (C=O) groups excluding carboxylic acids is 3. The molecule has 3 aromatic rings. The Morgan fingerprint density at radius 1 is 0.972 bits per heavy atom. The van der Waals surface area contributed by atoms with Crippen LogP contribution in [0.25, 0.3) is 0 Å². The highest BCUT2D eigenvalue weighted by molar-refractivity contribution is 9.10. The summed E-state index contributed by atoms with van der Waals surface area (Å²) >= 11 is 15.3. The second-order valence-electron chi connectivity index (χ2n) is 7.54. The van der Waals surface area contributed by atoms with E-state index in [0.29, 0.717) is 11.3 Å². The number of aryl methyl sites for hydroxylation is 2. The molecule has 0 heterocycles. The Morgan fingerprint density at radius 2 is 1.67 bits per heavy atom. The maximum atomic E-state index is 12.4. The van der Waals surface area contributed by atoms with Crippen LogP contribution < -0.4 is 20.8 Å². The third-order valence-corrected chi connectivity index (χ3v) is 6.16. The summed E-state index contributed by atoms with van der Waals surface area (Å²) in [4.78, 5) is 36.7. The molecule has 3 rings (SSSR count). The fourth-order valence-corrected chi connectivity index (χ4v) is 3.80. The number of hydrazone groups is 1. The molecule has 0 saturated carbocycles. The molecule has 0 aliphatic heterocycles. The van der Waals surface area contributed by atoms with Gasteiger partial charge in [0.2, 0.25) is 0 Å². The van der Waals surface area contributed by atoms with E-state index in [-0.39, 0.29) is 28.2 Å². The van der Waals surface area contributed by atoms with E-state index in [0.717, 1.165) is 21.3 Å². The molecular formula is C25H21BrCl2N4O4. The van der Waals surface area contributed by atoms with Crippen molar-refractivity contribution in [3.63, 3.8) is 0 Å². The minimum absolute atomic E-state index is 0.112. The zero-order chi connectivity index (χ0) is 26.2. The predicted octanol–water partition coefficient (Wildman–Crippen LogP) is 5.48. The highest BCUT2D eigenvalue weighted by Crippen LogP contribution is 2.29. The van der Waals surface area contributed by atoms with Crippen LogP contribution in [0.4, 0.5) is 11.4 Å². The van der Waals surface area contributed by atoms with Crippen LogP contribution >= 0.6 is 39.1 Å². The van der Waals surface area contributed by atoms with Crippen molar-refractivity contribution < 1.29 is 19.1 Å². The van der Waals surface area contributed by atoms with Crippen LogP contribution in [0.15, 0.2) is 64.2 Å². The van der Waals surface area contributed by atoms with Crippen molar-refractivity contribution in [2.24, 2.45) is 5.10 Å². The highest BCUT2D eigenvalue weighted by Gasteiger charge is 2.16. The maximum Gasteiger partial charge on any atom is 0.329 e. The lowest BCUT2D eigenvalue weighted by Gasteiger charge is -2.13. The van der Waals surface area contributed by atoms with Crippen molar-refractivity contribution in [3.8, 4) is 5.75 Å². The van der Waals surface area contributed by atoms with E-state index in [1.165, 1.54) is 12.3 Å². The van der Waals surface area contributed by atoms with Crippen molar-refractivity contribution in [2.45, 2.75) is 13.8 Å². The number of ether oxygens (including phenoxy) is 1. The molecule has 11 heteroatoms. The SMILES string of the molecule is Cc1cccc(C)c1NC(=O)COc1ccc(Br)cc1/C=N\NC(=O)C(=O)Nc1cccc(Cl)c1Cl. The first kappa shape index (κ1) is 27.2. The minimum Gasteiger partial charge on any atom is -0.483 e. The maximum absolute atomic E-state index is 12.4. The summed E-state index contributed by atoms with van der Waals surface area (Å²) in [5.74, 6) is -1.98. The number of amides is 3. The molecular weight excluding hydrogens is 571 g/mol. The van der Waals surface area contributed by atoms with Gasteiger partial charge in [0.25, 0.3) is 5.91 Å². The monoisotopic (exact) mass is 590 g/mol. The summed E-state index contributed by atoms with van der Waals surface area (Å²) in [5, 5.41) is 9.38. The van der Waals surface area contributed by atoms with Gasteiger partial charge in [-0.15, -0.1) is 0 Å². The van der Waals surface area contributed by atoms with Gasteiger partial charge in [-0.25, -0.2) is 5.43 Å². The van der Waals surface area contributed by atoms with Crippen molar-refractivity contribution in [1.29, 1.82) is 0 Å². The van der Waals surface area contributed by atoms with Crippen molar-refractivity contribution in [2.75, 3.05) is 17.2 Å². The number of rotatable bonds is 7. The molecule has 186 valence electrons. The molecule has 0 aromatic heterocycles. The summed E-state index contributed by atoms with van der Waals surface area (Å²) in [6, 6.07) is 15.4. The topological polar surface area (TPSA) is 109 Å². The van der Waals surface area contributed by atoms with Crippen LogP contribution in [0, 0.1) is 13.8 Å². The van der Waals surface area contributed by atoms with Crippen molar-refractivity contribution in [3.05, 3.63) is 85.8 Å². The van der Waals surface area contributed by atoms with Gasteiger partial charge in [0.1, 0.15) is 5.75 Å². The molecule has 0 radical (unpaired) electrons. The molecule has 0 atom stereocenters. The minimum atomic E-state index is -1.02. The molecule has 0 bridgehead atoms. The molecule has 0 fully saturated rings. The Morgan fingerprint density at radius 3 is 2.39 bits per heavy atom. The average molecular weight is 592 g/mol. The Balaban J connectivity index is 1.61. The second kappa shape index (κ2) is 12.5. The third kappa shape index (κ3) is 7.30. The van der Waals surface area contributed by atoms with Crippen LogP contribution in [0.5, 0.6) is 5.75 Å². The van der Waals surface area contributed by atoms with Gasteiger partial charge in [-0.2, -0.15) is 5.10 Å². The molecule has 0 unspecified atom stereocenters. The van der Waals surface area contributed by atoms with Crippen molar-refractivity contribution in [1.82, 2.24) is 5.43 Å². The second-order valence-corrected chi connectivity index (χ2v) is 9.24. The van der Waals surface area contributed by atoms with E-state index < -0.39 is 11.8 Å². The van der Waals surface area contributed by atoms with E-state index in [2.05, 4.69) is 37.1 Å². The van der Waals surface area contributed by atoms with E-state index in [1.807, 2.05) is 32.0 Å². The number of para-hydroxylation sites is 1. The molecule has 36 heavy (non-hydrogen) atoms. The fraction of sp³-hybridized carbons (Fsp3) is 0.120. The first-order chi connectivity index (χ1) is 17.2. The number of halogens is 3. The number of hydrogen-bond acceptors (Lipinski definition) is 5. The normalized spacial score (nSPS) is 10.7. The summed E-state index contributed by atoms with van der Waals surface area (Å²) in [5.41, 5.74) is 5.41. The van der Waals surface area contributed by atoms with Gasteiger partial charge in [-0.3, -0.25) is 14.4 Å². The van der Waals surface area contributed by atoms with Gasteiger partial charge in [0.05, 0.1) is 21.9 Å². The lowest BCUT2D eigenvalue weighted by Crippen LogP contribution is -2.32. The first-order valence-electron chi connectivity index (χ1n) is 10.5. The smallest absolute Gasteiger partial charge is 0.329 e. The number of hydrogen-bond donors (Lipinski definition) is 3. The largest absolute Gasteiger partial charge is 0.483 e. The molecule has 3 amide bonds. The summed E-state index contributed by atoms with van der Waals surface area (Å²) in [6.45, 7) is 3.57. The Labute approximate surface area is 226 Å². The average Bonchev–Trinajstić information content (AvgIpc) is 2.83. The third-order valence-electron chi connectivity index (χ3n) is 4.85. The van der Waals surface area contributed by atoms with Crippen LogP contribution in [-0.2, 0) is 14.4 Å². The van der Waals surface area contributed by atoms with Crippen molar-refractivity contribution >= 4 is 74.4 Å². The zero-order valence-corrected chi connectivity index (χ0v) is 22.3. The van der Waals surface area contributed by atoms with Crippen LogP contribution in [0.1, 0.15) is 16.7 Å². The molecule has 3 aromatic carbocycles. The number of anilines is 2. The van der Waals surface area contributed by atoms with Gasteiger partial charge in [-0.05, 0) is 55.3 Å². The zero-order valence-electron chi connectivity index (χ0n) is 19.2. The molecule has 0 spiro atoms. The molecule has 3 N–H and O–H groups in total. The Hall–Kier alpha value is -3.40. The van der Waals surface area contributed by atoms with Crippen LogP contribution in [-0.4, -0.2) is 30.5 Å². The molecule has 0 aliphatic rings. The van der Waals surface area contributed by atoms with E-state index >= 15 is 0 Å². The van der Waals surface area contributed by atoms with E-state index in [9.17, 15) is 14.4 Å². The highest BCUT2D eigenvalue weighted by atomic mass is 79.9. The van der Waals surface area contributed by atoms with Gasteiger partial charge in [0.15, 0.2) is 6.61 Å². The Bertz CT molecular complexity index is 1330. The van der Waals surface area contributed by atoms with Gasteiger partial charge in [-0.1, -0.05) is 63.4 Å². The molecule has 8 nitrogen and oxygen atoms in total. The number of benzene rings is 3. The first-order valence-corrected chi connectivity index (χ1v) is 12.1. The van der Waals surface area contributed by atoms with E-state index in [1.54, 1.807) is 30.3 Å². The summed E-state index contributed by atoms with van der Waals surface area (Å²) < 4.78 is 6.39. The predicted molar refractivity (Wildman–Crippen MR) is 145 cm³/mol.